The average molecular weight is 386 g/mol. The van der Waals surface area contributed by atoms with Crippen LogP contribution >= 0.6 is 30.1 Å². The van der Waals surface area contributed by atoms with Crippen molar-refractivity contribution < 1.29 is 23.7 Å². The van der Waals surface area contributed by atoms with E-state index in [1.165, 1.54) is 0 Å². The molecular formula is C11H15IO5S. The quantitative estimate of drug-likeness (QED) is 0.413. The zero-order valence-corrected chi connectivity index (χ0v) is 12.9. The molecule has 0 saturated carbocycles. The van der Waals surface area contributed by atoms with Crippen LogP contribution < -0.4 is 0 Å². The number of fused-ring (bicyclic) bond motifs is 1. The monoisotopic (exact) mass is 386 g/mol. The fraction of sp³-hybridized carbons (Fsp3) is 0.727. The minimum absolute atomic E-state index is 0.00774. The van der Waals surface area contributed by atoms with Gasteiger partial charge in [0.25, 0.3) is 0 Å². The number of hydrogen-bond acceptors (Lipinski definition) is 6. The Bertz CT molecular complexity index is 325. The summed E-state index contributed by atoms with van der Waals surface area (Å²) in [5, 5.41) is -0.296. The molecule has 0 aromatic rings. The van der Waals surface area contributed by atoms with Crippen LogP contribution in [-0.4, -0.2) is 43.6 Å². The van der Waals surface area contributed by atoms with Crippen LogP contribution in [0.3, 0.4) is 0 Å². The molecule has 1 aliphatic heterocycles. The molecule has 0 bridgehead atoms. The van der Waals surface area contributed by atoms with E-state index in [0.717, 1.165) is 15.4 Å². The second kappa shape index (κ2) is 7.09. The zero-order valence-electron chi connectivity index (χ0n) is 9.91. The summed E-state index contributed by atoms with van der Waals surface area (Å²) in [6.45, 7) is 0.299. The molecule has 7 heteroatoms. The molecule has 2 aliphatic rings. The molecular weight excluding hydrogens is 371 g/mol. The van der Waals surface area contributed by atoms with E-state index in [1.54, 1.807) is 7.11 Å². The lowest BCUT2D eigenvalue weighted by Crippen LogP contribution is -2.33. The number of carbonyl (C=O) groups is 1. The smallest absolute Gasteiger partial charge is 0.378 e. The van der Waals surface area contributed by atoms with Crippen LogP contribution in [0.1, 0.15) is 12.8 Å². The molecule has 2 rings (SSSR count). The van der Waals surface area contributed by atoms with E-state index in [-0.39, 0.29) is 29.7 Å². The van der Waals surface area contributed by atoms with E-state index >= 15 is 0 Å². The first-order valence-corrected chi connectivity index (χ1v) is 9.02. The summed E-state index contributed by atoms with van der Waals surface area (Å²) in [6, 6.07) is 0. The molecule has 1 aliphatic carbocycles. The lowest BCUT2D eigenvalue weighted by Gasteiger charge is -2.26. The molecule has 4 atom stereocenters. The molecule has 0 aromatic carbocycles. The number of ether oxygens (including phenoxy) is 4. The topological polar surface area (TPSA) is 54.0 Å². The Morgan fingerprint density at radius 3 is 2.50 bits per heavy atom. The first kappa shape index (κ1) is 14.6. The van der Waals surface area contributed by atoms with Crippen LogP contribution in [0.15, 0.2) is 12.2 Å². The molecule has 18 heavy (non-hydrogen) atoms. The third-order valence-corrected chi connectivity index (χ3v) is 4.36. The lowest BCUT2D eigenvalue weighted by molar-refractivity contribution is 0.0255. The van der Waals surface area contributed by atoms with Crippen molar-refractivity contribution in [3.63, 3.8) is 0 Å². The van der Waals surface area contributed by atoms with Gasteiger partial charge in [0.15, 0.2) is 0 Å². The summed E-state index contributed by atoms with van der Waals surface area (Å²) in [4.78, 5) is 11.3. The molecule has 0 spiro atoms. The molecule has 1 fully saturated rings. The van der Waals surface area contributed by atoms with Gasteiger partial charge in [-0.05, 0) is 6.08 Å². The van der Waals surface area contributed by atoms with E-state index in [9.17, 15) is 4.79 Å². The molecule has 5 nitrogen and oxygen atoms in total. The fourth-order valence-electron chi connectivity index (χ4n) is 2.14. The third-order valence-electron chi connectivity index (χ3n) is 3.06. The van der Waals surface area contributed by atoms with Crippen LogP contribution in [0.4, 0.5) is 4.79 Å². The number of rotatable bonds is 2. The van der Waals surface area contributed by atoms with Gasteiger partial charge in [-0.25, -0.2) is 4.79 Å². The predicted molar refractivity (Wildman–Crippen MR) is 75.7 cm³/mol. The second-order valence-electron chi connectivity index (χ2n) is 4.14. The predicted octanol–water partition coefficient (Wildman–Crippen LogP) is 2.68. The van der Waals surface area contributed by atoms with Gasteiger partial charge >= 0.3 is 5.30 Å². The van der Waals surface area contributed by atoms with E-state index in [4.69, 9.17) is 18.9 Å². The van der Waals surface area contributed by atoms with Crippen molar-refractivity contribution in [2.45, 2.75) is 37.3 Å². The van der Waals surface area contributed by atoms with Gasteiger partial charge in [-0.3, -0.25) is 0 Å². The highest BCUT2D eigenvalue weighted by molar-refractivity contribution is 14.2. The Morgan fingerprint density at radius 2 is 1.89 bits per heavy atom. The minimum atomic E-state index is -0.296. The van der Waals surface area contributed by atoms with Gasteiger partial charge in [0.05, 0.1) is 18.3 Å². The van der Waals surface area contributed by atoms with Crippen LogP contribution in [0.25, 0.3) is 0 Å². The summed E-state index contributed by atoms with van der Waals surface area (Å²) < 4.78 is 21.7. The molecule has 0 radical (unpaired) electrons. The van der Waals surface area contributed by atoms with Crippen LogP contribution in [0, 0.1) is 0 Å². The largest absolute Gasteiger partial charge is 0.449 e. The van der Waals surface area contributed by atoms with Gasteiger partial charge in [0, 0.05) is 50.1 Å². The van der Waals surface area contributed by atoms with Crippen molar-refractivity contribution in [2.75, 3.05) is 13.9 Å². The van der Waals surface area contributed by atoms with Gasteiger partial charge in [-0.15, -0.1) is 0 Å². The Morgan fingerprint density at radius 1 is 1.28 bits per heavy atom. The maximum absolute atomic E-state index is 11.3. The Kier molecular flexibility index (Phi) is 5.74. The van der Waals surface area contributed by atoms with Gasteiger partial charge in [0.1, 0.15) is 12.9 Å². The second-order valence-corrected chi connectivity index (χ2v) is 5.95. The van der Waals surface area contributed by atoms with Crippen molar-refractivity contribution in [2.24, 2.45) is 0 Å². The SMILES string of the molecule is COC1/C=C/C(OC(=O)SI)CC2OCOC2C1. The summed E-state index contributed by atoms with van der Waals surface area (Å²) in [7, 11) is 2.69. The molecule has 0 aromatic heterocycles. The van der Waals surface area contributed by atoms with Crippen molar-refractivity contribution in [3.8, 4) is 0 Å². The van der Waals surface area contributed by atoms with Gasteiger partial charge < -0.3 is 18.9 Å². The fourth-order valence-corrected chi connectivity index (χ4v) is 2.61. The summed E-state index contributed by atoms with van der Waals surface area (Å²) in [6.07, 6.45) is 4.84. The van der Waals surface area contributed by atoms with E-state index in [0.29, 0.717) is 13.2 Å². The zero-order chi connectivity index (χ0) is 13.0. The lowest BCUT2D eigenvalue weighted by atomic mass is 9.97. The van der Waals surface area contributed by atoms with E-state index in [2.05, 4.69) is 0 Å². The highest BCUT2D eigenvalue weighted by Crippen LogP contribution is 2.27. The normalized spacial score (nSPS) is 37.4. The Labute approximate surface area is 122 Å². The number of halogens is 1. The Hall–Kier alpha value is 0.170. The van der Waals surface area contributed by atoms with Crippen molar-refractivity contribution >= 4 is 35.4 Å². The van der Waals surface area contributed by atoms with Crippen molar-refractivity contribution in [1.82, 2.24) is 0 Å². The Balaban J connectivity index is 2.05. The molecule has 4 unspecified atom stereocenters. The molecule has 1 heterocycles. The van der Waals surface area contributed by atoms with Gasteiger partial charge in [-0.1, -0.05) is 6.08 Å². The van der Waals surface area contributed by atoms with Crippen molar-refractivity contribution in [1.29, 1.82) is 0 Å². The summed E-state index contributed by atoms with van der Waals surface area (Å²) in [5.41, 5.74) is 0. The molecule has 1 saturated heterocycles. The highest BCUT2D eigenvalue weighted by atomic mass is 127. The molecule has 0 N–H and O–H groups in total. The first-order chi connectivity index (χ1) is 8.72. The highest BCUT2D eigenvalue weighted by Gasteiger charge is 2.35. The summed E-state index contributed by atoms with van der Waals surface area (Å²) in [5.74, 6) is 0. The van der Waals surface area contributed by atoms with Crippen LogP contribution in [0.2, 0.25) is 0 Å². The number of hydrogen-bond donors (Lipinski definition) is 0. The minimum Gasteiger partial charge on any atom is -0.449 e. The number of carbonyl (C=O) groups excluding carboxylic acids is 1. The maximum Gasteiger partial charge on any atom is 0.378 e. The van der Waals surface area contributed by atoms with Crippen LogP contribution in [-0.2, 0) is 18.9 Å². The van der Waals surface area contributed by atoms with Gasteiger partial charge in [-0.2, -0.15) is 0 Å². The van der Waals surface area contributed by atoms with E-state index in [1.807, 2.05) is 33.4 Å². The standard InChI is InChI=1S/C11H15IO5S/c1-14-7-2-3-8(17-11(13)18-12)5-10-9(4-7)15-6-16-10/h2-3,7-10H,4-6H2,1H3/b3-2+. The molecule has 0 amide bonds. The third kappa shape index (κ3) is 3.83. The van der Waals surface area contributed by atoms with Gasteiger partial charge in [0.2, 0.25) is 0 Å². The van der Waals surface area contributed by atoms with E-state index < -0.39 is 0 Å². The average Bonchev–Trinajstić information content (AvgIpc) is 2.77. The van der Waals surface area contributed by atoms with Crippen molar-refractivity contribution in [3.05, 3.63) is 12.2 Å². The van der Waals surface area contributed by atoms with Crippen LogP contribution in [0.5, 0.6) is 0 Å². The summed E-state index contributed by atoms with van der Waals surface area (Å²) >= 11 is 1.91. The molecule has 102 valence electrons. The first-order valence-electron chi connectivity index (χ1n) is 5.66. The maximum atomic E-state index is 11.3. The number of methoxy groups -OCH3 is 1.